The molecule has 0 aliphatic rings. The molecule has 0 aliphatic carbocycles. The van der Waals surface area contributed by atoms with Gasteiger partial charge in [0.15, 0.2) is 0 Å². The second-order valence-corrected chi connectivity index (χ2v) is 4.74. The number of anilines is 1. The van der Waals surface area contributed by atoms with Gasteiger partial charge in [0, 0.05) is 24.4 Å². The first-order valence-electron chi connectivity index (χ1n) is 6.46. The average molecular weight is 273 g/mol. The Morgan fingerprint density at radius 2 is 1.95 bits per heavy atom. The molecule has 0 aromatic heterocycles. The molecule has 3 N–H and O–H groups in total. The fourth-order valence-electron chi connectivity index (χ4n) is 2.14. The van der Waals surface area contributed by atoms with E-state index < -0.39 is 0 Å². The van der Waals surface area contributed by atoms with Gasteiger partial charge in [0.05, 0.1) is 12.6 Å². The van der Waals surface area contributed by atoms with Gasteiger partial charge >= 0.3 is 0 Å². The van der Waals surface area contributed by atoms with Gasteiger partial charge in [0.2, 0.25) is 0 Å². The number of phenols is 2. The Hall–Kier alpha value is -2.20. The van der Waals surface area contributed by atoms with Crippen molar-refractivity contribution in [3.8, 4) is 11.5 Å². The summed E-state index contributed by atoms with van der Waals surface area (Å²) in [6.07, 6.45) is 0. The second-order valence-electron chi connectivity index (χ2n) is 4.74. The zero-order chi connectivity index (χ0) is 14.5. The summed E-state index contributed by atoms with van der Waals surface area (Å²) in [5.74, 6) is 0.138. The number of aromatic hydroxyl groups is 2. The summed E-state index contributed by atoms with van der Waals surface area (Å²) < 4.78 is 5.11. The third-order valence-corrected chi connectivity index (χ3v) is 3.10. The first-order chi connectivity index (χ1) is 9.60. The molecule has 2 aromatic rings. The molecular weight excluding hydrogens is 254 g/mol. The standard InChI is InChI=1S/C16H19NO3/c1-11(15-7-6-14(18)9-16(15)19)17-13-5-3-4-12(8-13)10-20-2/h3-9,11,17-19H,10H2,1-2H3. The van der Waals surface area contributed by atoms with E-state index in [1.54, 1.807) is 19.2 Å². The first kappa shape index (κ1) is 14.2. The molecule has 1 unspecified atom stereocenters. The Kier molecular flexibility index (Phi) is 4.48. The monoisotopic (exact) mass is 273 g/mol. The lowest BCUT2D eigenvalue weighted by Crippen LogP contribution is -2.07. The highest BCUT2D eigenvalue weighted by atomic mass is 16.5. The molecule has 4 heteroatoms. The molecule has 0 bridgehead atoms. The summed E-state index contributed by atoms with van der Waals surface area (Å²) in [5.41, 5.74) is 2.78. The minimum atomic E-state index is -0.0756. The van der Waals surface area contributed by atoms with E-state index in [4.69, 9.17) is 4.74 Å². The number of benzene rings is 2. The van der Waals surface area contributed by atoms with Crippen molar-refractivity contribution in [2.45, 2.75) is 19.6 Å². The lowest BCUT2D eigenvalue weighted by molar-refractivity contribution is 0.185. The number of methoxy groups -OCH3 is 1. The highest BCUT2D eigenvalue weighted by Gasteiger charge is 2.11. The number of nitrogens with one attached hydrogen (secondary N) is 1. The van der Waals surface area contributed by atoms with Crippen LogP contribution in [0.2, 0.25) is 0 Å². The molecule has 2 aromatic carbocycles. The molecule has 0 aliphatic heterocycles. The molecule has 0 fully saturated rings. The van der Waals surface area contributed by atoms with Crippen molar-refractivity contribution >= 4 is 5.69 Å². The molecule has 0 amide bonds. The van der Waals surface area contributed by atoms with Crippen LogP contribution in [0.25, 0.3) is 0 Å². The summed E-state index contributed by atoms with van der Waals surface area (Å²) in [5, 5.41) is 22.5. The van der Waals surface area contributed by atoms with Crippen LogP contribution in [-0.4, -0.2) is 17.3 Å². The van der Waals surface area contributed by atoms with Gasteiger partial charge in [-0.15, -0.1) is 0 Å². The van der Waals surface area contributed by atoms with Gasteiger partial charge in [-0.3, -0.25) is 0 Å². The van der Waals surface area contributed by atoms with Crippen LogP contribution in [0.4, 0.5) is 5.69 Å². The largest absolute Gasteiger partial charge is 0.508 e. The van der Waals surface area contributed by atoms with Crippen molar-refractivity contribution in [1.29, 1.82) is 0 Å². The molecule has 20 heavy (non-hydrogen) atoms. The van der Waals surface area contributed by atoms with Crippen molar-refractivity contribution in [2.75, 3.05) is 12.4 Å². The maximum Gasteiger partial charge on any atom is 0.124 e. The Balaban J connectivity index is 2.14. The van der Waals surface area contributed by atoms with Crippen LogP contribution in [0, 0.1) is 0 Å². The maximum atomic E-state index is 9.86. The minimum Gasteiger partial charge on any atom is -0.508 e. The summed E-state index contributed by atoms with van der Waals surface area (Å²) in [6, 6.07) is 12.5. The van der Waals surface area contributed by atoms with E-state index in [-0.39, 0.29) is 17.5 Å². The van der Waals surface area contributed by atoms with Crippen molar-refractivity contribution in [2.24, 2.45) is 0 Å². The third kappa shape index (κ3) is 3.42. The molecule has 0 spiro atoms. The number of hydrogen-bond donors (Lipinski definition) is 3. The van der Waals surface area contributed by atoms with Crippen LogP contribution < -0.4 is 5.32 Å². The topological polar surface area (TPSA) is 61.7 Å². The number of hydrogen-bond acceptors (Lipinski definition) is 4. The zero-order valence-corrected chi connectivity index (χ0v) is 11.6. The molecule has 0 heterocycles. The van der Waals surface area contributed by atoms with Crippen molar-refractivity contribution in [1.82, 2.24) is 0 Å². The SMILES string of the molecule is COCc1cccc(NC(C)c2ccc(O)cc2O)c1. The van der Waals surface area contributed by atoms with Gasteiger partial charge in [0.25, 0.3) is 0 Å². The van der Waals surface area contributed by atoms with E-state index >= 15 is 0 Å². The van der Waals surface area contributed by atoms with Gasteiger partial charge in [-0.1, -0.05) is 12.1 Å². The highest BCUT2D eigenvalue weighted by molar-refractivity contribution is 5.50. The fourth-order valence-corrected chi connectivity index (χ4v) is 2.14. The summed E-state index contributed by atoms with van der Waals surface area (Å²) in [4.78, 5) is 0. The number of ether oxygens (including phenoxy) is 1. The lowest BCUT2D eigenvalue weighted by atomic mass is 10.1. The Morgan fingerprint density at radius 1 is 1.15 bits per heavy atom. The Morgan fingerprint density at radius 3 is 2.65 bits per heavy atom. The summed E-state index contributed by atoms with van der Waals surface area (Å²) >= 11 is 0. The molecule has 4 nitrogen and oxygen atoms in total. The van der Waals surface area contributed by atoms with Gasteiger partial charge < -0.3 is 20.3 Å². The molecule has 0 saturated heterocycles. The number of phenolic OH excluding ortho intramolecular Hbond substituents is 2. The van der Waals surface area contributed by atoms with E-state index in [9.17, 15) is 10.2 Å². The van der Waals surface area contributed by atoms with E-state index in [0.29, 0.717) is 6.61 Å². The highest BCUT2D eigenvalue weighted by Crippen LogP contribution is 2.30. The predicted molar refractivity (Wildman–Crippen MR) is 79.0 cm³/mol. The molecule has 0 saturated carbocycles. The quantitative estimate of drug-likeness (QED) is 0.781. The fraction of sp³-hybridized carbons (Fsp3) is 0.250. The van der Waals surface area contributed by atoms with Gasteiger partial charge in [0.1, 0.15) is 11.5 Å². The van der Waals surface area contributed by atoms with Crippen LogP contribution in [0.3, 0.4) is 0 Å². The average Bonchev–Trinajstić information content (AvgIpc) is 2.39. The van der Waals surface area contributed by atoms with Crippen LogP contribution in [0.15, 0.2) is 42.5 Å². The number of rotatable bonds is 5. The van der Waals surface area contributed by atoms with E-state index in [1.807, 2.05) is 31.2 Å². The van der Waals surface area contributed by atoms with Gasteiger partial charge in [-0.2, -0.15) is 0 Å². The molecule has 0 radical (unpaired) electrons. The normalized spacial score (nSPS) is 12.1. The van der Waals surface area contributed by atoms with Crippen LogP contribution in [-0.2, 0) is 11.3 Å². The van der Waals surface area contributed by atoms with Crippen molar-refractivity contribution in [3.05, 3.63) is 53.6 Å². The van der Waals surface area contributed by atoms with Crippen molar-refractivity contribution < 1.29 is 14.9 Å². The van der Waals surface area contributed by atoms with E-state index in [0.717, 1.165) is 16.8 Å². The molecule has 106 valence electrons. The Labute approximate surface area is 118 Å². The van der Waals surface area contributed by atoms with Crippen molar-refractivity contribution in [3.63, 3.8) is 0 Å². The zero-order valence-electron chi connectivity index (χ0n) is 11.6. The molecule has 2 rings (SSSR count). The van der Waals surface area contributed by atoms with E-state index in [1.165, 1.54) is 6.07 Å². The first-order valence-corrected chi connectivity index (χ1v) is 6.46. The summed E-state index contributed by atoms with van der Waals surface area (Å²) in [6.45, 7) is 2.52. The third-order valence-electron chi connectivity index (χ3n) is 3.10. The predicted octanol–water partition coefficient (Wildman–Crippen LogP) is 3.42. The second kappa shape index (κ2) is 6.30. The Bertz CT molecular complexity index is 584. The molecular formula is C16H19NO3. The smallest absolute Gasteiger partial charge is 0.124 e. The van der Waals surface area contributed by atoms with Crippen LogP contribution in [0.1, 0.15) is 24.1 Å². The lowest BCUT2D eigenvalue weighted by Gasteiger charge is -2.17. The van der Waals surface area contributed by atoms with Crippen LogP contribution >= 0.6 is 0 Å². The van der Waals surface area contributed by atoms with E-state index in [2.05, 4.69) is 5.32 Å². The van der Waals surface area contributed by atoms with Gasteiger partial charge in [-0.05, 0) is 36.8 Å². The summed E-state index contributed by atoms with van der Waals surface area (Å²) in [7, 11) is 1.66. The minimum absolute atomic E-state index is 0.0561. The van der Waals surface area contributed by atoms with Crippen LogP contribution in [0.5, 0.6) is 11.5 Å². The van der Waals surface area contributed by atoms with Gasteiger partial charge in [-0.25, -0.2) is 0 Å². The molecule has 1 atom stereocenters. The maximum absolute atomic E-state index is 9.86.